The van der Waals surface area contributed by atoms with Gasteiger partial charge in [0.2, 0.25) is 5.91 Å². The van der Waals surface area contributed by atoms with Crippen molar-refractivity contribution in [1.29, 1.82) is 0 Å². The van der Waals surface area contributed by atoms with Crippen LogP contribution in [0, 0.1) is 5.92 Å². The summed E-state index contributed by atoms with van der Waals surface area (Å²) in [6.07, 6.45) is 1.93. The zero-order valence-corrected chi connectivity index (χ0v) is 25.0. The molecule has 1 aromatic heterocycles. The Bertz CT molecular complexity index is 1830. The number of hydrogen-bond donors (Lipinski definition) is 2. The summed E-state index contributed by atoms with van der Waals surface area (Å²) in [6, 6.07) is 24.5. The van der Waals surface area contributed by atoms with Crippen molar-refractivity contribution in [2.24, 2.45) is 5.92 Å². The Hall–Kier alpha value is -4.54. The predicted octanol–water partition coefficient (Wildman–Crippen LogP) is 4.12. The molecule has 2 fully saturated rings. The Labute approximate surface area is 256 Å². The van der Waals surface area contributed by atoms with Gasteiger partial charge in [0.1, 0.15) is 28.9 Å². The van der Waals surface area contributed by atoms with Crippen molar-refractivity contribution >= 4 is 32.4 Å². The first kappa shape index (κ1) is 29.5. The van der Waals surface area contributed by atoms with E-state index in [0.29, 0.717) is 30.9 Å². The zero-order chi connectivity index (χ0) is 30.9. The highest BCUT2D eigenvalue weighted by molar-refractivity contribution is 7.92. The molecule has 2 N–H and O–H groups in total. The summed E-state index contributed by atoms with van der Waals surface area (Å²) in [7, 11) is -2.26. The molecular weight excluding hydrogens is 578 g/mol. The molecule has 10 heteroatoms. The van der Waals surface area contributed by atoms with Crippen molar-refractivity contribution in [3.05, 3.63) is 97.6 Å². The number of carbonyl (C=O) groups is 2. The quantitative estimate of drug-likeness (QED) is 0.243. The van der Waals surface area contributed by atoms with Gasteiger partial charge in [-0.05, 0) is 30.7 Å². The molecule has 1 saturated heterocycles. The largest absolute Gasteiger partial charge is 0.497 e. The second-order valence-electron chi connectivity index (χ2n) is 11.2. The van der Waals surface area contributed by atoms with Crippen molar-refractivity contribution in [2.75, 3.05) is 19.4 Å². The van der Waals surface area contributed by atoms with Crippen LogP contribution in [0.25, 0.3) is 22.2 Å². The summed E-state index contributed by atoms with van der Waals surface area (Å²) in [6.45, 7) is 4.19. The third-order valence-corrected chi connectivity index (χ3v) is 9.95. The molecule has 0 spiro atoms. The van der Waals surface area contributed by atoms with Gasteiger partial charge in [0.15, 0.2) is 15.6 Å². The lowest BCUT2D eigenvalue weighted by Crippen LogP contribution is -2.52. The Morgan fingerprint density at radius 2 is 1.80 bits per heavy atom. The Kier molecular flexibility index (Phi) is 7.96. The normalized spacial score (nSPS) is 22.7. The van der Waals surface area contributed by atoms with Crippen molar-refractivity contribution in [1.82, 2.24) is 15.6 Å². The van der Waals surface area contributed by atoms with Crippen LogP contribution in [0.5, 0.6) is 11.5 Å². The highest BCUT2D eigenvalue weighted by atomic mass is 32.2. The van der Waals surface area contributed by atoms with Crippen LogP contribution in [0.15, 0.2) is 102 Å². The fraction of sp³-hybridized carbons (Fsp3) is 0.265. The lowest BCUT2D eigenvalue weighted by Gasteiger charge is -2.21. The number of fused-ring (bicyclic) bond motifs is 1. The summed E-state index contributed by atoms with van der Waals surface area (Å²) in [4.78, 5) is 31.7. The molecule has 6 rings (SSSR count). The Morgan fingerprint density at radius 3 is 2.48 bits per heavy atom. The number of amides is 1. The molecule has 226 valence electrons. The van der Waals surface area contributed by atoms with Gasteiger partial charge < -0.3 is 20.1 Å². The standard InChI is InChI=1S/C34H33N3O6S/c1-3-23-19-34(23,32(38)21-44(40,41)26-12-8-5-9-13-26)37-33(39)30-17-25(20-35-30)43-31-18-28(22-10-6-4-7-11-22)36-29-16-24(42-2)14-15-27(29)31/h3-16,18,23,25,30,35H,1,17,19-21H2,2H3,(H,37,39)/t23-,25?,30+,34-/m1/s1. The molecule has 1 unspecified atom stereocenters. The van der Waals surface area contributed by atoms with Crippen LogP contribution in [-0.2, 0) is 19.4 Å². The highest BCUT2D eigenvalue weighted by Crippen LogP contribution is 2.46. The maximum atomic E-state index is 13.4. The molecule has 0 radical (unpaired) electrons. The van der Waals surface area contributed by atoms with Crippen molar-refractivity contribution in [3.8, 4) is 22.8 Å². The van der Waals surface area contributed by atoms with Gasteiger partial charge in [-0.15, -0.1) is 6.58 Å². The van der Waals surface area contributed by atoms with Gasteiger partial charge in [-0.2, -0.15) is 0 Å². The van der Waals surface area contributed by atoms with Gasteiger partial charge in [0.05, 0.1) is 29.3 Å². The number of pyridine rings is 1. The number of aromatic nitrogens is 1. The molecule has 4 atom stereocenters. The third-order valence-electron chi connectivity index (χ3n) is 8.32. The zero-order valence-electron chi connectivity index (χ0n) is 24.2. The first-order chi connectivity index (χ1) is 21.2. The first-order valence-corrected chi connectivity index (χ1v) is 16.1. The van der Waals surface area contributed by atoms with E-state index in [2.05, 4.69) is 17.2 Å². The molecule has 44 heavy (non-hydrogen) atoms. The fourth-order valence-corrected chi connectivity index (χ4v) is 7.10. The van der Waals surface area contributed by atoms with E-state index in [1.807, 2.05) is 54.6 Å². The van der Waals surface area contributed by atoms with Crippen molar-refractivity contribution in [3.63, 3.8) is 0 Å². The topological polar surface area (TPSA) is 124 Å². The average molecular weight is 612 g/mol. The number of benzene rings is 3. The predicted molar refractivity (Wildman–Crippen MR) is 167 cm³/mol. The Morgan fingerprint density at radius 1 is 1.07 bits per heavy atom. The first-order valence-electron chi connectivity index (χ1n) is 14.4. The van der Waals surface area contributed by atoms with Gasteiger partial charge >= 0.3 is 0 Å². The minimum Gasteiger partial charge on any atom is -0.497 e. The van der Waals surface area contributed by atoms with E-state index in [-0.39, 0.29) is 22.8 Å². The summed E-state index contributed by atoms with van der Waals surface area (Å²) >= 11 is 0. The summed E-state index contributed by atoms with van der Waals surface area (Å²) in [5, 5.41) is 6.90. The highest BCUT2D eigenvalue weighted by Gasteiger charge is 2.60. The third kappa shape index (κ3) is 5.82. The molecule has 9 nitrogen and oxygen atoms in total. The second-order valence-corrected chi connectivity index (χ2v) is 13.2. The molecule has 3 aromatic carbocycles. The maximum absolute atomic E-state index is 13.4. The number of nitrogens with one attached hydrogen (secondary N) is 2. The van der Waals surface area contributed by atoms with Crippen molar-refractivity contribution < 1.29 is 27.5 Å². The number of sulfone groups is 1. The van der Waals surface area contributed by atoms with E-state index in [4.69, 9.17) is 14.5 Å². The van der Waals surface area contributed by atoms with Crippen LogP contribution >= 0.6 is 0 Å². The number of Topliss-reactive ketones (excluding diaryl/α,β-unsaturated/α-hetero) is 1. The van der Waals surface area contributed by atoms with E-state index in [9.17, 15) is 18.0 Å². The summed E-state index contributed by atoms with van der Waals surface area (Å²) in [5.41, 5.74) is 1.12. The van der Waals surface area contributed by atoms with Gasteiger partial charge in [0, 0.05) is 42.0 Å². The molecular formula is C34H33N3O6S. The maximum Gasteiger partial charge on any atom is 0.238 e. The molecule has 2 heterocycles. The molecule has 1 aliphatic heterocycles. The fourth-order valence-electron chi connectivity index (χ4n) is 5.76. The van der Waals surface area contributed by atoms with Crippen LogP contribution in [0.3, 0.4) is 0 Å². The van der Waals surface area contributed by atoms with E-state index in [1.54, 1.807) is 31.4 Å². The Balaban J connectivity index is 1.17. The minimum atomic E-state index is -3.86. The van der Waals surface area contributed by atoms with Gasteiger partial charge in [0.25, 0.3) is 0 Å². The number of methoxy groups -OCH3 is 1. The van der Waals surface area contributed by atoms with Gasteiger partial charge in [-0.3, -0.25) is 9.59 Å². The molecule has 1 amide bonds. The lowest BCUT2D eigenvalue weighted by molar-refractivity contribution is -0.129. The number of nitrogens with zero attached hydrogens (tertiary/aromatic N) is 1. The summed E-state index contributed by atoms with van der Waals surface area (Å²) in [5.74, 6) is -0.642. The average Bonchev–Trinajstić information content (AvgIpc) is 3.56. The second kappa shape index (κ2) is 11.9. The van der Waals surface area contributed by atoms with E-state index in [0.717, 1.165) is 22.2 Å². The number of ketones is 1. The molecule has 0 bridgehead atoms. The van der Waals surface area contributed by atoms with Crippen LogP contribution in [0.2, 0.25) is 0 Å². The molecule has 1 aliphatic carbocycles. The van der Waals surface area contributed by atoms with Crippen molar-refractivity contribution in [2.45, 2.75) is 35.4 Å². The monoisotopic (exact) mass is 611 g/mol. The molecule has 1 saturated carbocycles. The molecule has 2 aliphatic rings. The summed E-state index contributed by atoms with van der Waals surface area (Å²) < 4.78 is 37.7. The van der Waals surface area contributed by atoms with E-state index < -0.39 is 33.0 Å². The number of ether oxygens (including phenoxy) is 2. The van der Waals surface area contributed by atoms with Crippen LogP contribution in [0.4, 0.5) is 0 Å². The minimum absolute atomic E-state index is 0.0700. The van der Waals surface area contributed by atoms with Crippen LogP contribution in [-0.4, -0.2) is 62.2 Å². The lowest BCUT2D eigenvalue weighted by atomic mass is 10.1. The van der Waals surface area contributed by atoms with Crippen LogP contribution in [0.1, 0.15) is 12.8 Å². The number of rotatable bonds is 11. The molecule has 4 aromatic rings. The van der Waals surface area contributed by atoms with Gasteiger partial charge in [-0.1, -0.05) is 54.6 Å². The number of carbonyl (C=O) groups excluding carboxylic acids is 2. The van der Waals surface area contributed by atoms with Crippen LogP contribution < -0.4 is 20.1 Å². The SMILES string of the molecule is C=C[C@@H]1C[C@]1(NC(=O)[C@@H]1CC(Oc2cc(-c3ccccc3)nc3cc(OC)ccc23)CN1)C(=O)CS(=O)(=O)c1ccccc1. The smallest absolute Gasteiger partial charge is 0.238 e. The van der Waals surface area contributed by atoms with E-state index >= 15 is 0 Å². The van der Waals surface area contributed by atoms with E-state index in [1.165, 1.54) is 12.1 Å². The number of hydrogen-bond acceptors (Lipinski definition) is 8. The van der Waals surface area contributed by atoms with Gasteiger partial charge in [-0.25, -0.2) is 13.4 Å².